The number of rotatable bonds is 3. The lowest BCUT2D eigenvalue weighted by atomic mass is 9.92. The third-order valence-corrected chi connectivity index (χ3v) is 4.12. The van der Waals surface area contributed by atoms with Gasteiger partial charge in [0.15, 0.2) is 0 Å². The molecule has 2 unspecified atom stereocenters. The van der Waals surface area contributed by atoms with Gasteiger partial charge in [0.05, 0.1) is 11.4 Å². The van der Waals surface area contributed by atoms with E-state index in [4.69, 9.17) is 5.73 Å². The van der Waals surface area contributed by atoms with Crippen molar-refractivity contribution < 1.29 is 0 Å². The number of aromatic nitrogens is 2. The van der Waals surface area contributed by atoms with E-state index in [1.807, 2.05) is 41.1 Å². The van der Waals surface area contributed by atoms with Crippen LogP contribution in [0.5, 0.6) is 0 Å². The van der Waals surface area contributed by atoms with Gasteiger partial charge in [-0.3, -0.25) is 4.90 Å². The Labute approximate surface area is 126 Å². The van der Waals surface area contributed by atoms with Gasteiger partial charge in [-0.25, -0.2) is 4.68 Å². The molecule has 0 aliphatic carbocycles. The molecule has 2 N–H and O–H groups in total. The number of nitrogen functional groups attached to an aromatic ring is 1. The predicted molar refractivity (Wildman–Crippen MR) is 86.2 cm³/mol. The summed E-state index contributed by atoms with van der Waals surface area (Å²) < 4.78 is 1.83. The number of nitrogens with zero attached hydrogens (tertiary/aromatic N) is 3. The van der Waals surface area contributed by atoms with Crippen LogP contribution in [0.3, 0.4) is 0 Å². The Morgan fingerprint density at radius 3 is 2.48 bits per heavy atom. The van der Waals surface area contributed by atoms with Gasteiger partial charge in [0.25, 0.3) is 0 Å². The van der Waals surface area contributed by atoms with Crippen molar-refractivity contribution >= 4 is 5.82 Å². The maximum absolute atomic E-state index is 6.12. The van der Waals surface area contributed by atoms with Crippen molar-refractivity contribution in [2.24, 2.45) is 11.8 Å². The van der Waals surface area contributed by atoms with Crippen LogP contribution in [0.1, 0.15) is 26.0 Å². The van der Waals surface area contributed by atoms with Gasteiger partial charge in [0, 0.05) is 25.7 Å². The van der Waals surface area contributed by atoms with Crippen molar-refractivity contribution in [3.63, 3.8) is 0 Å². The summed E-state index contributed by atoms with van der Waals surface area (Å²) in [7, 11) is 0. The average molecular weight is 284 g/mol. The van der Waals surface area contributed by atoms with E-state index < -0.39 is 0 Å². The van der Waals surface area contributed by atoms with E-state index in [9.17, 15) is 0 Å². The summed E-state index contributed by atoms with van der Waals surface area (Å²) in [5, 5.41) is 4.67. The molecule has 1 aliphatic rings. The summed E-state index contributed by atoms with van der Waals surface area (Å²) in [4.78, 5) is 2.50. The first kappa shape index (κ1) is 14.1. The molecule has 21 heavy (non-hydrogen) atoms. The third-order valence-electron chi connectivity index (χ3n) is 4.12. The normalized spacial score (nSPS) is 23.3. The molecule has 2 heterocycles. The molecule has 4 heteroatoms. The third kappa shape index (κ3) is 3.27. The molecule has 0 bridgehead atoms. The monoisotopic (exact) mass is 284 g/mol. The lowest BCUT2D eigenvalue weighted by Gasteiger charge is -2.34. The van der Waals surface area contributed by atoms with Gasteiger partial charge in [-0.1, -0.05) is 32.0 Å². The lowest BCUT2D eigenvalue weighted by molar-refractivity contribution is 0.133. The molecule has 112 valence electrons. The van der Waals surface area contributed by atoms with Gasteiger partial charge in [0.1, 0.15) is 5.82 Å². The van der Waals surface area contributed by atoms with E-state index in [-0.39, 0.29) is 0 Å². The van der Waals surface area contributed by atoms with Gasteiger partial charge < -0.3 is 5.73 Å². The van der Waals surface area contributed by atoms with Crippen molar-refractivity contribution in [1.29, 1.82) is 0 Å². The van der Waals surface area contributed by atoms with Crippen LogP contribution in [0.15, 0.2) is 36.4 Å². The second kappa shape index (κ2) is 5.90. The number of hydrogen-bond acceptors (Lipinski definition) is 3. The van der Waals surface area contributed by atoms with Crippen LogP contribution >= 0.6 is 0 Å². The number of para-hydroxylation sites is 1. The highest BCUT2D eigenvalue weighted by atomic mass is 15.3. The summed E-state index contributed by atoms with van der Waals surface area (Å²) in [5.74, 6) is 2.24. The molecule has 3 rings (SSSR count). The molecular weight excluding hydrogens is 260 g/mol. The van der Waals surface area contributed by atoms with Crippen molar-refractivity contribution in [2.45, 2.75) is 26.8 Å². The maximum Gasteiger partial charge on any atom is 0.127 e. The highest BCUT2D eigenvalue weighted by molar-refractivity contribution is 5.42. The molecule has 2 atom stereocenters. The van der Waals surface area contributed by atoms with Gasteiger partial charge >= 0.3 is 0 Å². The van der Waals surface area contributed by atoms with Gasteiger partial charge in [-0.2, -0.15) is 5.10 Å². The summed E-state index contributed by atoms with van der Waals surface area (Å²) in [5.41, 5.74) is 8.18. The Kier molecular flexibility index (Phi) is 3.97. The van der Waals surface area contributed by atoms with E-state index in [1.54, 1.807) is 0 Å². The fourth-order valence-electron chi connectivity index (χ4n) is 3.45. The molecule has 1 aromatic heterocycles. The molecule has 0 saturated carbocycles. The number of anilines is 1. The van der Waals surface area contributed by atoms with Crippen LogP contribution in [0.4, 0.5) is 5.82 Å². The summed E-state index contributed by atoms with van der Waals surface area (Å²) in [6, 6.07) is 12.1. The first-order chi connectivity index (χ1) is 10.1. The van der Waals surface area contributed by atoms with Crippen LogP contribution in [-0.4, -0.2) is 27.8 Å². The van der Waals surface area contributed by atoms with E-state index in [0.29, 0.717) is 5.82 Å². The molecule has 4 nitrogen and oxygen atoms in total. The molecule has 1 aromatic carbocycles. The smallest absolute Gasteiger partial charge is 0.127 e. The Morgan fingerprint density at radius 2 is 1.81 bits per heavy atom. The molecule has 1 saturated heterocycles. The van der Waals surface area contributed by atoms with Crippen LogP contribution in [0.25, 0.3) is 5.69 Å². The lowest BCUT2D eigenvalue weighted by Crippen LogP contribution is -2.38. The van der Waals surface area contributed by atoms with E-state index in [2.05, 4.69) is 23.8 Å². The standard InChI is InChI=1S/C17H24N4/c1-13-8-14(2)11-20(10-13)12-15-9-17(18)21(19-15)16-6-4-3-5-7-16/h3-7,9,13-14H,8,10-12,18H2,1-2H3. The number of nitrogens with two attached hydrogens (primary N) is 1. The van der Waals surface area contributed by atoms with E-state index in [1.165, 1.54) is 6.42 Å². The van der Waals surface area contributed by atoms with Crippen LogP contribution in [-0.2, 0) is 6.54 Å². The first-order valence-electron chi connectivity index (χ1n) is 7.74. The Hall–Kier alpha value is -1.81. The SMILES string of the molecule is CC1CC(C)CN(Cc2cc(N)n(-c3ccccc3)n2)C1. The molecule has 1 aliphatic heterocycles. The molecular formula is C17H24N4. The summed E-state index contributed by atoms with van der Waals surface area (Å²) in [6.45, 7) is 7.86. The van der Waals surface area contributed by atoms with Gasteiger partial charge in [-0.05, 0) is 30.4 Å². The molecule has 0 radical (unpaired) electrons. The minimum atomic E-state index is 0.703. The van der Waals surface area contributed by atoms with Crippen molar-refractivity contribution in [3.05, 3.63) is 42.1 Å². The molecule has 1 fully saturated rings. The largest absolute Gasteiger partial charge is 0.384 e. The maximum atomic E-state index is 6.12. The van der Waals surface area contributed by atoms with Crippen LogP contribution < -0.4 is 5.73 Å². The second-order valence-electron chi connectivity index (χ2n) is 6.45. The minimum Gasteiger partial charge on any atom is -0.384 e. The Balaban J connectivity index is 1.75. The highest BCUT2D eigenvalue weighted by Crippen LogP contribution is 2.23. The van der Waals surface area contributed by atoms with E-state index >= 15 is 0 Å². The van der Waals surface area contributed by atoms with Crippen molar-refractivity contribution in [1.82, 2.24) is 14.7 Å². The summed E-state index contributed by atoms with van der Waals surface area (Å²) >= 11 is 0. The van der Waals surface area contributed by atoms with Crippen LogP contribution in [0, 0.1) is 11.8 Å². The number of benzene rings is 1. The van der Waals surface area contributed by atoms with Crippen LogP contribution in [0.2, 0.25) is 0 Å². The number of piperidine rings is 1. The van der Waals surface area contributed by atoms with Gasteiger partial charge in [-0.15, -0.1) is 0 Å². The number of hydrogen-bond donors (Lipinski definition) is 1. The fraction of sp³-hybridized carbons (Fsp3) is 0.471. The zero-order valence-corrected chi connectivity index (χ0v) is 12.9. The quantitative estimate of drug-likeness (QED) is 0.942. The topological polar surface area (TPSA) is 47.1 Å². The first-order valence-corrected chi connectivity index (χ1v) is 7.74. The van der Waals surface area contributed by atoms with Crippen molar-refractivity contribution in [3.8, 4) is 5.69 Å². The average Bonchev–Trinajstić information content (AvgIpc) is 2.79. The second-order valence-corrected chi connectivity index (χ2v) is 6.45. The van der Waals surface area contributed by atoms with Gasteiger partial charge in [0.2, 0.25) is 0 Å². The Bertz CT molecular complexity index is 580. The Morgan fingerprint density at radius 1 is 1.14 bits per heavy atom. The van der Waals surface area contributed by atoms with E-state index in [0.717, 1.165) is 42.9 Å². The summed E-state index contributed by atoms with van der Waals surface area (Å²) in [6.07, 6.45) is 1.33. The van der Waals surface area contributed by atoms with Crippen molar-refractivity contribution in [2.75, 3.05) is 18.8 Å². The molecule has 2 aromatic rings. The predicted octanol–water partition coefficient (Wildman–Crippen LogP) is 2.93. The minimum absolute atomic E-state index is 0.703. The fourth-order valence-corrected chi connectivity index (χ4v) is 3.45. The molecule has 0 spiro atoms. The zero-order valence-electron chi connectivity index (χ0n) is 12.9. The number of likely N-dealkylation sites (tertiary alicyclic amines) is 1. The zero-order chi connectivity index (χ0) is 14.8. The highest BCUT2D eigenvalue weighted by Gasteiger charge is 2.22. The molecule has 0 amide bonds.